The van der Waals surface area contributed by atoms with Gasteiger partial charge in [0.15, 0.2) is 5.82 Å². The van der Waals surface area contributed by atoms with Crippen LogP contribution in [0.25, 0.3) is 0 Å². The van der Waals surface area contributed by atoms with Gasteiger partial charge in [-0.1, -0.05) is 6.07 Å². The molecule has 0 aliphatic heterocycles. The van der Waals surface area contributed by atoms with Crippen LogP contribution in [-0.4, -0.2) is 25.2 Å². The van der Waals surface area contributed by atoms with Gasteiger partial charge in [0, 0.05) is 43.3 Å². The van der Waals surface area contributed by atoms with Crippen molar-refractivity contribution in [2.24, 2.45) is 0 Å². The molecule has 3 heterocycles. The number of anilines is 1. The summed E-state index contributed by atoms with van der Waals surface area (Å²) < 4.78 is 3.77. The molecule has 1 N–H and O–H groups in total. The third-order valence-corrected chi connectivity index (χ3v) is 3.58. The number of hydrogen-bond acceptors (Lipinski definition) is 3. The Bertz CT molecular complexity index is 748. The van der Waals surface area contributed by atoms with E-state index in [0.29, 0.717) is 18.8 Å². The van der Waals surface area contributed by atoms with E-state index in [4.69, 9.17) is 0 Å². The summed E-state index contributed by atoms with van der Waals surface area (Å²) >= 11 is 0. The first-order valence-electron chi connectivity index (χ1n) is 7.56. The number of carbonyl (C=O) groups is 1. The Morgan fingerprint density at radius 3 is 2.74 bits per heavy atom. The lowest BCUT2D eigenvalue weighted by atomic mass is 10.2. The lowest BCUT2D eigenvalue weighted by Gasteiger charge is -2.12. The van der Waals surface area contributed by atoms with E-state index in [1.807, 2.05) is 60.4 Å². The Labute approximate surface area is 134 Å². The van der Waals surface area contributed by atoms with Gasteiger partial charge in [-0.05, 0) is 31.2 Å². The molecule has 0 fully saturated rings. The second-order valence-electron chi connectivity index (χ2n) is 5.45. The molecule has 1 atom stereocenters. The number of carbonyl (C=O) groups excluding carboxylic acids is 1. The molecule has 0 saturated carbocycles. The highest BCUT2D eigenvalue weighted by molar-refractivity contribution is 5.89. The highest BCUT2D eigenvalue weighted by Crippen LogP contribution is 2.12. The monoisotopic (exact) mass is 309 g/mol. The summed E-state index contributed by atoms with van der Waals surface area (Å²) in [5, 5.41) is 7.19. The number of nitrogens with one attached hydrogen (secondary N) is 1. The summed E-state index contributed by atoms with van der Waals surface area (Å²) in [4.78, 5) is 16.4. The van der Waals surface area contributed by atoms with Gasteiger partial charge in [0.1, 0.15) is 0 Å². The fraction of sp³-hybridized carbons (Fsp3) is 0.235. The summed E-state index contributed by atoms with van der Waals surface area (Å²) in [5.41, 5.74) is 0.926. The molecule has 3 aromatic rings. The predicted molar refractivity (Wildman–Crippen MR) is 88.0 cm³/mol. The number of amides is 1. The lowest BCUT2D eigenvalue weighted by molar-refractivity contribution is -0.116. The number of hydrogen-bond donors (Lipinski definition) is 1. The second-order valence-corrected chi connectivity index (χ2v) is 5.45. The fourth-order valence-corrected chi connectivity index (χ4v) is 2.38. The molecule has 0 radical (unpaired) electrons. The number of rotatable bonds is 6. The Morgan fingerprint density at radius 1 is 1.17 bits per heavy atom. The SMILES string of the molecule is C[C@@H](CC(=O)Nc1ccn(Cc2ccccn2)n1)n1cccc1. The Morgan fingerprint density at radius 2 is 2.00 bits per heavy atom. The molecule has 0 unspecified atom stereocenters. The fourth-order valence-electron chi connectivity index (χ4n) is 2.38. The lowest BCUT2D eigenvalue weighted by Crippen LogP contribution is -2.17. The van der Waals surface area contributed by atoms with Gasteiger partial charge >= 0.3 is 0 Å². The van der Waals surface area contributed by atoms with Crippen molar-refractivity contribution in [3.8, 4) is 0 Å². The summed E-state index contributed by atoms with van der Waals surface area (Å²) in [6.07, 6.45) is 7.91. The van der Waals surface area contributed by atoms with Crippen LogP contribution in [-0.2, 0) is 11.3 Å². The van der Waals surface area contributed by atoms with Crippen LogP contribution in [0.4, 0.5) is 5.82 Å². The Balaban J connectivity index is 1.55. The average molecular weight is 309 g/mol. The molecular weight excluding hydrogens is 290 g/mol. The van der Waals surface area contributed by atoms with Crippen LogP contribution in [0.2, 0.25) is 0 Å². The molecular formula is C17H19N5O. The maximum absolute atomic E-state index is 12.1. The quantitative estimate of drug-likeness (QED) is 0.761. The largest absolute Gasteiger partial charge is 0.351 e. The van der Waals surface area contributed by atoms with E-state index in [9.17, 15) is 4.79 Å². The Kier molecular flexibility index (Phi) is 4.52. The molecule has 0 spiro atoms. The molecule has 23 heavy (non-hydrogen) atoms. The van der Waals surface area contributed by atoms with Gasteiger partial charge in [-0.25, -0.2) is 0 Å². The van der Waals surface area contributed by atoms with Gasteiger partial charge in [0.25, 0.3) is 0 Å². The smallest absolute Gasteiger partial charge is 0.227 e. The zero-order valence-corrected chi connectivity index (χ0v) is 13.0. The van der Waals surface area contributed by atoms with Crippen LogP contribution in [0.1, 0.15) is 25.1 Å². The summed E-state index contributed by atoms with van der Waals surface area (Å²) in [6, 6.07) is 11.6. The van der Waals surface area contributed by atoms with Crippen LogP contribution >= 0.6 is 0 Å². The van der Waals surface area contributed by atoms with Gasteiger partial charge in [-0.3, -0.25) is 14.5 Å². The molecule has 0 aromatic carbocycles. The zero-order valence-electron chi connectivity index (χ0n) is 13.0. The maximum atomic E-state index is 12.1. The maximum Gasteiger partial charge on any atom is 0.227 e. The van der Waals surface area contributed by atoms with Gasteiger partial charge in [0.2, 0.25) is 5.91 Å². The molecule has 0 aliphatic carbocycles. The highest BCUT2D eigenvalue weighted by Gasteiger charge is 2.11. The van der Waals surface area contributed by atoms with E-state index < -0.39 is 0 Å². The normalized spacial score (nSPS) is 12.0. The van der Waals surface area contributed by atoms with Crippen molar-refractivity contribution in [1.82, 2.24) is 19.3 Å². The van der Waals surface area contributed by atoms with Crippen molar-refractivity contribution < 1.29 is 4.79 Å². The van der Waals surface area contributed by atoms with E-state index in [-0.39, 0.29) is 11.9 Å². The van der Waals surface area contributed by atoms with E-state index >= 15 is 0 Å². The van der Waals surface area contributed by atoms with Gasteiger partial charge in [0.05, 0.1) is 12.2 Å². The van der Waals surface area contributed by atoms with Crippen molar-refractivity contribution >= 4 is 11.7 Å². The first-order chi connectivity index (χ1) is 11.2. The number of nitrogens with zero attached hydrogens (tertiary/aromatic N) is 4. The van der Waals surface area contributed by atoms with Gasteiger partial charge in [-0.2, -0.15) is 5.10 Å². The molecule has 6 heteroatoms. The van der Waals surface area contributed by atoms with Gasteiger partial charge in [-0.15, -0.1) is 0 Å². The van der Waals surface area contributed by atoms with Crippen LogP contribution in [0.15, 0.2) is 61.2 Å². The highest BCUT2D eigenvalue weighted by atomic mass is 16.1. The van der Waals surface area contributed by atoms with E-state index in [1.165, 1.54) is 0 Å². The zero-order chi connectivity index (χ0) is 16.1. The summed E-state index contributed by atoms with van der Waals surface area (Å²) in [7, 11) is 0. The van der Waals surface area contributed by atoms with Crippen LogP contribution < -0.4 is 5.32 Å². The summed E-state index contributed by atoms with van der Waals surface area (Å²) in [5.74, 6) is 0.514. The predicted octanol–water partition coefficient (Wildman–Crippen LogP) is 2.72. The second kappa shape index (κ2) is 6.91. The number of aromatic nitrogens is 4. The molecule has 0 bridgehead atoms. The van der Waals surface area contributed by atoms with E-state index in [2.05, 4.69) is 15.4 Å². The molecule has 1 amide bonds. The van der Waals surface area contributed by atoms with Gasteiger partial charge < -0.3 is 9.88 Å². The van der Waals surface area contributed by atoms with Crippen LogP contribution in [0.5, 0.6) is 0 Å². The molecule has 3 aromatic heterocycles. The van der Waals surface area contributed by atoms with Crippen LogP contribution in [0.3, 0.4) is 0 Å². The Hall–Kier alpha value is -2.89. The molecule has 0 saturated heterocycles. The van der Waals surface area contributed by atoms with E-state index in [1.54, 1.807) is 16.9 Å². The van der Waals surface area contributed by atoms with Crippen molar-refractivity contribution in [1.29, 1.82) is 0 Å². The van der Waals surface area contributed by atoms with Crippen molar-refractivity contribution in [3.05, 3.63) is 66.9 Å². The van der Waals surface area contributed by atoms with E-state index in [0.717, 1.165) is 5.69 Å². The van der Waals surface area contributed by atoms with Crippen molar-refractivity contribution in [3.63, 3.8) is 0 Å². The minimum absolute atomic E-state index is 0.0470. The molecule has 6 nitrogen and oxygen atoms in total. The number of pyridine rings is 1. The first-order valence-corrected chi connectivity index (χ1v) is 7.56. The van der Waals surface area contributed by atoms with Crippen molar-refractivity contribution in [2.75, 3.05) is 5.32 Å². The third kappa shape index (κ3) is 4.06. The minimum atomic E-state index is -0.0470. The molecule has 0 aliphatic rings. The third-order valence-electron chi connectivity index (χ3n) is 3.58. The van der Waals surface area contributed by atoms with Crippen LogP contribution in [0, 0.1) is 0 Å². The first kappa shape index (κ1) is 15.0. The summed E-state index contributed by atoms with van der Waals surface area (Å²) in [6.45, 7) is 2.59. The standard InChI is InChI=1S/C17H19N5O/c1-14(21-9-4-5-10-21)12-17(23)19-16-7-11-22(20-16)13-15-6-2-3-8-18-15/h2-11,14H,12-13H2,1H3,(H,19,20,23)/t14-/m0/s1. The topological polar surface area (TPSA) is 64.7 Å². The minimum Gasteiger partial charge on any atom is -0.351 e. The molecule has 3 rings (SSSR count). The molecule has 118 valence electrons. The average Bonchev–Trinajstić information content (AvgIpc) is 3.20. The van der Waals surface area contributed by atoms with Crippen molar-refractivity contribution in [2.45, 2.75) is 25.9 Å².